The molecule has 2 aromatic rings. The third-order valence-corrected chi connectivity index (χ3v) is 6.29. The van der Waals surface area contributed by atoms with Crippen molar-refractivity contribution < 1.29 is 13.2 Å². The van der Waals surface area contributed by atoms with E-state index in [4.69, 9.17) is 11.6 Å². The first-order valence-electron chi connectivity index (χ1n) is 8.14. The molecule has 0 aliphatic carbocycles. The first kappa shape index (κ1) is 18.6. The molecule has 0 unspecified atom stereocenters. The smallest absolute Gasteiger partial charge is 0.258 e. The molecular weight excluding hydrogens is 374 g/mol. The number of rotatable bonds is 5. The summed E-state index contributed by atoms with van der Waals surface area (Å²) in [6.07, 6.45) is 2.59. The van der Waals surface area contributed by atoms with E-state index in [1.54, 1.807) is 0 Å². The SMILES string of the molecule is O=C(N/N=C\c1ccccc1)[C@@H]1CCCN1S(=O)(=O)c1ccc(Cl)cc1. The Balaban J connectivity index is 1.72. The Hall–Kier alpha value is -2.22. The maximum atomic E-state index is 12.8. The molecule has 0 bridgehead atoms. The minimum Gasteiger partial charge on any atom is -0.271 e. The fourth-order valence-corrected chi connectivity index (χ4v) is 4.60. The summed E-state index contributed by atoms with van der Waals surface area (Å²) in [5.41, 5.74) is 3.28. The first-order chi connectivity index (χ1) is 12.5. The largest absolute Gasteiger partial charge is 0.271 e. The molecule has 1 heterocycles. The molecule has 3 rings (SSSR count). The molecule has 1 N–H and O–H groups in total. The summed E-state index contributed by atoms with van der Waals surface area (Å²) >= 11 is 5.82. The van der Waals surface area contributed by atoms with Gasteiger partial charge in [0, 0.05) is 11.6 Å². The molecular formula is C18H18ClN3O3S. The molecule has 8 heteroatoms. The van der Waals surface area contributed by atoms with Crippen molar-refractivity contribution in [2.24, 2.45) is 5.10 Å². The van der Waals surface area contributed by atoms with E-state index in [-0.39, 0.29) is 4.90 Å². The number of carbonyl (C=O) groups excluding carboxylic acids is 1. The first-order valence-corrected chi connectivity index (χ1v) is 9.96. The Morgan fingerprint density at radius 1 is 1.15 bits per heavy atom. The van der Waals surface area contributed by atoms with Gasteiger partial charge in [0.15, 0.2) is 0 Å². The van der Waals surface area contributed by atoms with Crippen LogP contribution in [-0.4, -0.2) is 37.4 Å². The molecule has 1 aliphatic rings. The molecule has 0 spiro atoms. The van der Waals surface area contributed by atoms with Crippen LogP contribution in [0.5, 0.6) is 0 Å². The molecule has 26 heavy (non-hydrogen) atoms. The van der Waals surface area contributed by atoms with Crippen LogP contribution in [0, 0.1) is 0 Å². The molecule has 136 valence electrons. The van der Waals surface area contributed by atoms with E-state index in [9.17, 15) is 13.2 Å². The number of nitrogens with zero attached hydrogens (tertiary/aromatic N) is 2. The Morgan fingerprint density at radius 2 is 1.85 bits per heavy atom. The van der Waals surface area contributed by atoms with Gasteiger partial charge in [-0.3, -0.25) is 4.79 Å². The van der Waals surface area contributed by atoms with Gasteiger partial charge in [-0.1, -0.05) is 41.9 Å². The van der Waals surface area contributed by atoms with Gasteiger partial charge in [-0.05, 0) is 42.7 Å². The zero-order valence-corrected chi connectivity index (χ0v) is 15.4. The van der Waals surface area contributed by atoms with Gasteiger partial charge in [-0.25, -0.2) is 13.8 Å². The van der Waals surface area contributed by atoms with Gasteiger partial charge in [0.1, 0.15) is 6.04 Å². The van der Waals surface area contributed by atoms with Crippen molar-refractivity contribution in [2.45, 2.75) is 23.8 Å². The molecule has 1 aliphatic heterocycles. The highest BCUT2D eigenvalue weighted by atomic mass is 35.5. The Kier molecular flexibility index (Phi) is 5.70. The minimum atomic E-state index is -3.76. The van der Waals surface area contributed by atoms with Gasteiger partial charge >= 0.3 is 0 Å². The van der Waals surface area contributed by atoms with Crippen LogP contribution in [0.2, 0.25) is 5.02 Å². The average Bonchev–Trinajstić information content (AvgIpc) is 3.14. The number of carbonyl (C=O) groups is 1. The third kappa shape index (κ3) is 4.12. The Morgan fingerprint density at radius 3 is 2.54 bits per heavy atom. The van der Waals surface area contributed by atoms with Crippen molar-refractivity contribution in [3.63, 3.8) is 0 Å². The van der Waals surface area contributed by atoms with Crippen molar-refractivity contribution >= 4 is 33.7 Å². The summed E-state index contributed by atoms with van der Waals surface area (Å²) in [6.45, 7) is 0.297. The van der Waals surface area contributed by atoms with Crippen molar-refractivity contribution in [3.8, 4) is 0 Å². The van der Waals surface area contributed by atoms with Crippen molar-refractivity contribution in [2.75, 3.05) is 6.54 Å². The Labute approximate surface area is 157 Å². The molecule has 1 saturated heterocycles. The highest BCUT2D eigenvalue weighted by molar-refractivity contribution is 7.89. The van der Waals surface area contributed by atoms with E-state index >= 15 is 0 Å². The van der Waals surface area contributed by atoms with Gasteiger partial charge in [0.25, 0.3) is 5.91 Å². The van der Waals surface area contributed by atoms with Gasteiger partial charge in [0.05, 0.1) is 11.1 Å². The summed E-state index contributed by atoms with van der Waals surface area (Å²) < 4.78 is 26.9. The van der Waals surface area contributed by atoms with Gasteiger partial charge in [-0.15, -0.1) is 0 Å². The number of hydrazone groups is 1. The van der Waals surface area contributed by atoms with E-state index in [1.165, 1.54) is 34.8 Å². The number of halogens is 1. The zero-order chi connectivity index (χ0) is 18.6. The topological polar surface area (TPSA) is 78.8 Å². The number of amides is 1. The summed E-state index contributed by atoms with van der Waals surface area (Å²) in [7, 11) is -3.76. The number of hydrogen-bond donors (Lipinski definition) is 1. The van der Waals surface area contributed by atoms with Gasteiger partial charge in [-0.2, -0.15) is 9.41 Å². The number of hydrogen-bond acceptors (Lipinski definition) is 4. The molecule has 0 aromatic heterocycles. The summed E-state index contributed by atoms with van der Waals surface area (Å²) in [6, 6.07) is 14.5. The van der Waals surface area contributed by atoms with E-state index in [1.807, 2.05) is 30.3 Å². The van der Waals surface area contributed by atoms with E-state index in [0.717, 1.165) is 5.56 Å². The molecule has 0 saturated carbocycles. The fraction of sp³-hybridized carbons (Fsp3) is 0.222. The van der Waals surface area contributed by atoms with E-state index < -0.39 is 22.0 Å². The monoisotopic (exact) mass is 391 g/mol. The molecule has 6 nitrogen and oxygen atoms in total. The highest BCUT2D eigenvalue weighted by Crippen LogP contribution is 2.27. The summed E-state index contributed by atoms with van der Waals surface area (Å²) in [5, 5.41) is 4.38. The van der Waals surface area contributed by atoms with E-state index in [0.29, 0.717) is 24.4 Å². The summed E-state index contributed by atoms with van der Waals surface area (Å²) in [4.78, 5) is 12.5. The third-order valence-electron chi connectivity index (χ3n) is 4.11. The van der Waals surface area contributed by atoms with Gasteiger partial charge in [0.2, 0.25) is 10.0 Å². The molecule has 0 radical (unpaired) electrons. The second kappa shape index (κ2) is 7.99. The lowest BCUT2D eigenvalue weighted by Crippen LogP contribution is -2.44. The standard InChI is InChI=1S/C18H18ClN3O3S/c19-15-8-10-16(11-9-15)26(24,25)22-12-4-7-17(22)18(23)21-20-13-14-5-2-1-3-6-14/h1-3,5-6,8-11,13,17H,4,7,12H2,(H,21,23)/b20-13-/t17-/m0/s1. The predicted octanol–water partition coefficient (Wildman–Crippen LogP) is 2.64. The zero-order valence-electron chi connectivity index (χ0n) is 13.9. The average molecular weight is 392 g/mol. The van der Waals surface area contributed by atoms with Crippen molar-refractivity contribution in [3.05, 3.63) is 65.2 Å². The second-order valence-electron chi connectivity index (χ2n) is 5.87. The van der Waals surface area contributed by atoms with Crippen LogP contribution in [0.25, 0.3) is 0 Å². The lowest BCUT2D eigenvalue weighted by molar-refractivity contribution is -0.124. The van der Waals surface area contributed by atoms with Crippen LogP contribution >= 0.6 is 11.6 Å². The lowest BCUT2D eigenvalue weighted by atomic mass is 10.2. The maximum absolute atomic E-state index is 12.8. The summed E-state index contributed by atoms with van der Waals surface area (Å²) in [5.74, 6) is -0.438. The number of nitrogens with one attached hydrogen (secondary N) is 1. The van der Waals surface area contributed by atoms with Gasteiger partial charge < -0.3 is 0 Å². The van der Waals surface area contributed by atoms with E-state index in [2.05, 4.69) is 10.5 Å². The molecule has 2 aromatic carbocycles. The van der Waals surface area contributed by atoms with Crippen LogP contribution in [-0.2, 0) is 14.8 Å². The molecule has 1 amide bonds. The van der Waals surface area contributed by atoms with Crippen LogP contribution in [0.1, 0.15) is 18.4 Å². The predicted molar refractivity (Wildman–Crippen MR) is 101 cm³/mol. The molecule has 1 fully saturated rings. The van der Waals surface area contributed by atoms with Crippen LogP contribution in [0.4, 0.5) is 0 Å². The fourth-order valence-electron chi connectivity index (χ4n) is 2.82. The van der Waals surface area contributed by atoms with Crippen LogP contribution < -0.4 is 5.43 Å². The lowest BCUT2D eigenvalue weighted by Gasteiger charge is -2.22. The highest BCUT2D eigenvalue weighted by Gasteiger charge is 2.39. The van der Waals surface area contributed by atoms with Crippen LogP contribution in [0.3, 0.4) is 0 Å². The Bertz CT molecular complexity index is 899. The number of benzene rings is 2. The minimum absolute atomic E-state index is 0.120. The number of sulfonamides is 1. The van der Waals surface area contributed by atoms with Crippen molar-refractivity contribution in [1.29, 1.82) is 0 Å². The maximum Gasteiger partial charge on any atom is 0.258 e. The quantitative estimate of drug-likeness (QED) is 0.628. The van der Waals surface area contributed by atoms with Crippen LogP contribution in [0.15, 0.2) is 64.6 Å². The second-order valence-corrected chi connectivity index (χ2v) is 8.20. The molecule has 1 atom stereocenters. The normalized spacial score (nSPS) is 18.3. The van der Waals surface area contributed by atoms with Crippen molar-refractivity contribution in [1.82, 2.24) is 9.73 Å².